The second-order valence-corrected chi connectivity index (χ2v) is 12.6. The average Bonchev–Trinajstić information content (AvgIpc) is 3.34. The molecule has 1 amide bonds. The molecule has 45 heavy (non-hydrogen) atoms. The Balaban J connectivity index is 1.36. The van der Waals surface area contributed by atoms with E-state index in [4.69, 9.17) is 26.1 Å². The lowest BCUT2D eigenvalue weighted by Crippen LogP contribution is -2.40. The van der Waals surface area contributed by atoms with Gasteiger partial charge in [0.25, 0.3) is 11.5 Å². The summed E-state index contributed by atoms with van der Waals surface area (Å²) in [6.07, 6.45) is 1.83. The van der Waals surface area contributed by atoms with Crippen LogP contribution < -0.4 is 29.7 Å². The molecule has 0 unspecified atom stereocenters. The Bertz CT molecular complexity index is 2090. The summed E-state index contributed by atoms with van der Waals surface area (Å²) in [7, 11) is 1.59. The van der Waals surface area contributed by atoms with Gasteiger partial charge in [0.1, 0.15) is 18.1 Å². The number of ether oxygens (including phenoxy) is 2. The van der Waals surface area contributed by atoms with E-state index in [0.717, 1.165) is 21.2 Å². The Morgan fingerprint density at radius 2 is 1.78 bits per heavy atom. The van der Waals surface area contributed by atoms with Crippen LogP contribution in [0, 0.1) is 0 Å². The topological polar surface area (TPSA) is 81.9 Å². The van der Waals surface area contributed by atoms with Gasteiger partial charge in [-0.25, -0.2) is 4.99 Å². The number of hydrogen-bond donors (Lipinski definition) is 1. The molecule has 5 aromatic rings. The molecule has 0 bridgehead atoms. The standard InChI is InChI=1S/C35H27BrClN3O4S/c1-21-31(33(41)39-26-6-4-3-5-7-26)32(24-11-15-27(43-2)16-12-24)40-34(42)30(45-35(40)38-21)19-23-10-17-29(28(36)18-23)44-20-22-8-13-25(37)14-9-22/h3-19,32H,20H2,1-2H3,(H,39,41)/b30-19+/t32-/m1/s1. The minimum Gasteiger partial charge on any atom is -0.497 e. The number of hydrogen-bond acceptors (Lipinski definition) is 6. The number of thiazole rings is 1. The van der Waals surface area contributed by atoms with Crippen molar-refractivity contribution in [3.05, 3.63) is 154 Å². The van der Waals surface area contributed by atoms with Crippen molar-refractivity contribution in [2.75, 3.05) is 12.4 Å². The van der Waals surface area contributed by atoms with Crippen molar-refractivity contribution in [3.8, 4) is 11.5 Å². The molecule has 1 aliphatic heterocycles. The number of halogens is 2. The smallest absolute Gasteiger partial charge is 0.271 e. The third-order valence-electron chi connectivity index (χ3n) is 7.29. The third-order valence-corrected chi connectivity index (χ3v) is 9.15. The Kier molecular flexibility index (Phi) is 9.02. The highest BCUT2D eigenvalue weighted by molar-refractivity contribution is 9.10. The Morgan fingerprint density at radius 1 is 1.04 bits per heavy atom. The number of methoxy groups -OCH3 is 1. The number of allylic oxidation sites excluding steroid dienone is 1. The second-order valence-electron chi connectivity index (χ2n) is 10.3. The van der Waals surface area contributed by atoms with Crippen LogP contribution in [-0.2, 0) is 11.4 Å². The molecule has 1 aliphatic rings. The molecule has 0 fully saturated rings. The van der Waals surface area contributed by atoms with Crippen molar-refractivity contribution in [3.63, 3.8) is 0 Å². The molecule has 0 saturated heterocycles. The number of amides is 1. The maximum Gasteiger partial charge on any atom is 0.271 e. The molecule has 4 aromatic carbocycles. The summed E-state index contributed by atoms with van der Waals surface area (Å²) in [5.74, 6) is 1.02. The summed E-state index contributed by atoms with van der Waals surface area (Å²) < 4.78 is 14.2. The SMILES string of the molecule is COc1ccc([C@@H]2C(C(=O)Nc3ccccc3)=C(C)N=c3s/c(=C/c4ccc(OCc5ccc(Cl)cc5)c(Br)c4)c(=O)n32)cc1. The number of aromatic nitrogens is 1. The summed E-state index contributed by atoms with van der Waals surface area (Å²) in [5, 5.41) is 3.64. The first kappa shape index (κ1) is 30.6. The van der Waals surface area contributed by atoms with Gasteiger partial charge in [-0.3, -0.25) is 14.2 Å². The third kappa shape index (κ3) is 6.66. The number of para-hydroxylation sites is 1. The van der Waals surface area contributed by atoms with Crippen molar-refractivity contribution in [1.29, 1.82) is 0 Å². The highest BCUT2D eigenvalue weighted by Crippen LogP contribution is 2.32. The largest absolute Gasteiger partial charge is 0.497 e. The van der Waals surface area contributed by atoms with Gasteiger partial charge in [0.15, 0.2) is 4.80 Å². The highest BCUT2D eigenvalue weighted by Gasteiger charge is 2.32. The van der Waals surface area contributed by atoms with Crippen molar-refractivity contribution in [2.24, 2.45) is 4.99 Å². The predicted octanol–water partition coefficient (Wildman–Crippen LogP) is 6.88. The van der Waals surface area contributed by atoms with Crippen LogP contribution in [0.15, 0.2) is 123 Å². The van der Waals surface area contributed by atoms with Gasteiger partial charge in [-0.15, -0.1) is 0 Å². The van der Waals surface area contributed by atoms with Crippen LogP contribution in [0.5, 0.6) is 11.5 Å². The van der Waals surface area contributed by atoms with Crippen LogP contribution in [0.2, 0.25) is 5.02 Å². The predicted molar refractivity (Wildman–Crippen MR) is 182 cm³/mol. The molecular weight excluding hydrogens is 674 g/mol. The van der Waals surface area contributed by atoms with E-state index in [2.05, 4.69) is 21.2 Å². The molecule has 0 spiro atoms. The second kappa shape index (κ2) is 13.3. The number of nitrogens with zero attached hydrogens (tertiary/aromatic N) is 2. The number of benzene rings is 4. The summed E-state index contributed by atoms with van der Waals surface area (Å²) in [5.41, 5.74) is 3.92. The molecule has 7 nitrogen and oxygen atoms in total. The van der Waals surface area contributed by atoms with E-state index in [9.17, 15) is 9.59 Å². The molecule has 0 aliphatic carbocycles. The first-order valence-electron chi connectivity index (χ1n) is 14.0. The van der Waals surface area contributed by atoms with Gasteiger partial charge in [0.2, 0.25) is 0 Å². The minimum absolute atomic E-state index is 0.240. The number of carbonyl (C=O) groups is 1. The minimum atomic E-state index is -0.687. The molecule has 0 radical (unpaired) electrons. The lowest BCUT2D eigenvalue weighted by atomic mass is 9.95. The maximum atomic E-state index is 14.1. The maximum absolute atomic E-state index is 14.1. The van der Waals surface area contributed by atoms with Gasteiger partial charge in [0.05, 0.1) is 33.4 Å². The molecular formula is C35H27BrClN3O4S. The summed E-state index contributed by atoms with van der Waals surface area (Å²) in [6, 6.07) is 29.1. The summed E-state index contributed by atoms with van der Waals surface area (Å²) >= 11 is 10.9. The zero-order valence-corrected chi connectivity index (χ0v) is 27.4. The fourth-order valence-corrected chi connectivity index (χ4v) is 6.73. The first-order chi connectivity index (χ1) is 21.8. The Hall–Kier alpha value is -4.44. The van der Waals surface area contributed by atoms with Crippen LogP contribution >= 0.6 is 38.9 Å². The van der Waals surface area contributed by atoms with E-state index in [1.54, 1.807) is 18.6 Å². The molecule has 1 atom stereocenters. The zero-order chi connectivity index (χ0) is 31.5. The summed E-state index contributed by atoms with van der Waals surface area (Å²) in [6.45, 7) is 2.19. The molecule has 226 valence electrons. The normalized spacial score (nSPS) is 14.5. The highest BCUT2D eigenvalue weighted by atomic mass is 79.9. The molecule has 0 saturated carbocycles. The van der Waals surface area contributed by atoms with E-state index < -0.39 is 6.04 Å². The van der Waals surface area contributed by atoms with E-state index in [-0.39, 0.29) is 11.5 Å². The lowest BCUT2D eigenvalue weighted by molar-refractivity contribution is -0.113. The number of fused-ring (bicyclic) bond motifs is 1. The number of rotatable bonds is 8. The molecule has 6 rings (SSSR count). The van der Waals surface area contributed by atoms with Crippen LogP contribution in [-0.4, -0.2) is 17.6 Å². The Morgan fingerprint density at radius 3 is 2.47 bits per heavy atom. The van der Waals surface area contributed by atoms with E-state index >= 15 is 0 Å². The van der Waals surface area contributed by atoms with Crippen LogP contribution in [0.4, 0.5) is 5.69 Å². The summed E-state index contributed by atoms with van der Waals surface area (Å²) in [4.78, 5) is 33.0. The van der Waals surface area contributed by atoms with Gasteiger partial charge < -0.3 is 14.8 Å². The fourth-order valence-electron chi connectivity index (χ4n) is 5.05. The molecule has 1 aromatic heterocycles. The molecule has 10 heteroatoms. The van der Waals surface area contributed by atoms with E-state index in [1.165, 1.54) is 11.3 Å². The number of anilines is 1. The quantitative estimate of drug-likeness (QED) is 0.192. The van der Waals surface area contributed by atoms with E-state index in [1.807, 2.05) is 103 Å². The zero-order valence-electron chi connectivity index (χ0n) is 24.3. The van der Waals surface area contributed by atoms with Crippen LogP contribution in [0.1, 0.15) is 29.7 Å². The molecule has 1 N–H and O–H groups in total. The monoisotopic (exact) mass is 699 g/mol. The van der Waals surface area contributed by atoms with Gasteiger partial charge in [0, 0.05) is 10.7 Å². The van der Waals surface area contributed by atoms with Crippen molar-refractivity contribution in [1.82, 2.24) is 4.57 Å². The fraction of sp³-hybridized carbons (Fsp3) is 0.114. The Labute approximate surface area is 276 Å². The van der Waals surface area contributed by atoms with Gasteiger partial charge in [-0.2, -0.15) is 0 Å². The van der Waals surface area contributed by atoms with Crippen molar-refractivity contribution < 1.29 is 14.3 Å². The first-order valence-corrected chi connectivity index (χ1v) is 16.0. The van der Waals surface area contributed by atoms with Gasteiger partial charge in [-0.1, -0.05) is 71.5 Å². The number of nitrogens with one attached hydrogen (secondary N) is 1. The van der Waals surface area contributed by atoms with Crippen molar-refractivity contribution >= 4 is 56.5 Å². The lowest BCUT2D eigenvalue weighted by Gasteiger charge is -2.25. The molecule has 2 heterocycles. The van der Waals surface area contributed by atoms with Crippen molar-refractivity contribution in [2.45, 2.75) is 19.6 Å². The van der Waals surface area contributed by atoms with Crippen LogP contribution in [0.3, 0.4) is 0 Å². The van der Waals surface area contributed by atoms with Gasteiger partial charge >= 0.3 is 0 Å². The van der Waals surface area contributed by atoms with Crippen LogP contribution in [0.25, 0.3) is 6.08 Å². The number of carbonyl (C=O) groups excluding carboxylic acids is 1. The van der Waals surface area contributed by atoms with Gasteiger partial charge in [-0.05, 0) is 94.2 Å². The van der Waals surface area contributed by atoms with E-state index in [0.29, 0.717) is 49.4 Å². The average molecular weight is 701 g/mol.